The van der Waals surface area contributed by atoms with Gasteiger partial charge in [-0.3, -0.25) is 4.79 Å². The minimum absolute atomic E-state index is 0.0142. The highest BCUT2D eigenvalue weighted by atomic mass is 16.1. The van der Waals surface area contributed by atoms with Gasteiger partial charge >= 0.3 is 0 Å². The highest BCUT2D eigenvalue weighted by Crippen LogP contribution is 2.25. The summed E-state index contributed by atoms with van der Waals surface area (Å²) in [5.41, 5.74) is 1.63. The Balaban J connectivity index is 2.41. The molecule has 0 radical (unpaired) electrons. The van der Waals surface area contributed by atoms with E-state index in [9.17, 15) is 4.79 Å². The van der Waals surface area contributed by atoms with E-state index in [0.717, 1.165) is 17.1 Å². The van der Waals surface area contributed by atoms with E-state index in [0.29, 0.717) is 6.42 Å². The van der Waals surface area contributed by atoms with Gasteiger partial charge in [0.25, 0.3) is 0 Å². The number of nitrogens with one attached hydrogen (secondary N) is 1. The highest BCUT2D eigenvalue weighted by molar-refractivity contribution is 5.94. The fraction of sp³-hybridized carbons (Fsp3) is 0.250. The molecular formula is C12H14N4O. The van der Waals surface area contributed by atoms with Crippen LogP contribution in [0.2, 0.25) is 0 Å². The van der Waals surface area contributed by atoms with Gasteiger partial charge < -0.3 is 9.88 Å². The van der Waals surface area contributed by atoms with Gasteiger partial charge in [0, 0.05) is 19.0 Å². The van der Waals surface area contributed by atoms with Crippen molar-refractivity contribution in [2.24, 2.45) is 7.05 Å². The van der Waals surface area contributed by atoms with Gasteiger partial charge in [0.2, 0.25) is 5.91 Å². The summed E-state index contributed by atoms with van der Waals surface area (Å²) in [6.07, 6.45) is 2.08. The summed E-state index contributed by atoms with van der Waals surface area (Å²) in [4.78, 5) is 11.4. The Kier molecular flexibility index (Phi) is 3.18. The molecule has 0 saturated heterocycles. The summed E-state index contributed by atoms with van der Waals surface area (Å²) >= 11 is 0. The van der Waals surface area contributed by atoms with Crippen LogP contribution in [0.1, 0.15) is 13.3 Å². The fourth-order valence-electron chi connectivity index (χ4n) is 1.55. The number of para-hydroxylation sites is 1. The number of carbonyl (C=O) groups is 1. The van der Waals surface area contributed by atoms with E-state index in [-0.39, 0.29) is 5.91 Å². The molecule has 1 heterocycles. The van der Waals surface area contributed by atoms with Crippen molar-refractivity contribution in [3.63, 3.8) is 0 Å². The van der Waals surface area contributed by atoms with E-state index in [1.165, 1.54) is 0 Å². The number of anilines is 1. The molecular weight excluding hydrogens is 216 g/mol. The summed E-state index contributed by atoms with van der Waals surface area (Å²) in [6, 6.07) is 7.56. The predicted molar refractivity (Wildman–Crippen MR) is 65.4 cm³/mol. The van der Waals surface area contributed by atoms with Crippen LogP contribution in [0.5, 0.6) is 0 Å². The maximum absolute atomic E-state index is 11.4. The minimum atomic E-state index is -0.0142. The average Bonchev–Trinajstić information content (AvgIpc) is 2.76. The quantitative estimate of drug-likeness (QED) is 0.875. The van der Waals surface area contributed by atoms with Gasteiger partial charge in [0.05, 0.1) is 5.69 Å². The van der Waals surface area contributed by atoms with Gasteiger partial charge in [-0.05, 0) is 12.1 Å². The van der Waals surface area contributed by atoms with Gasteiger partial charge in [-0.15, -0.1) is 10.2 Å². The molecule has 1 aromatic heterocycles. The lowest BCUT2D eigenvalue weighted by atomic mass is 10.1. The van der Waals surface area contributed by atoms with Crippen molar-refractivity contribution >= 4 is 11.6 Å². The summed E-state index contributed by atoms with van der Waals surface area (Å²) in [6.45, 7) is 1.82. The predicted octanol–water partition coefficient (Wildman–Crippen LogP) is 1.83. The number of nitrogens with zero attached hydrogens (tertiary/aromatic N) is 3. The molecule has 1 N–H and O–H groups in total. The molecule has 0 spiro atoms. The number of aromatic nitrogens is 3. The van der Waals surface area contributed by atoms with Crippen LogP contribution in [0.4, 0.5) is 5.69 Å². The van der Waals surface area contributed by atoms with Crippen molar-refractivity contribution in [2.75, 3.05) is 5.32 Å². The largest absolute Gasteiger partial charge is 0.325 e. The molecule has 88 valence electrons. The normalized spacial score (nSPS) is 10.2. The van der Waals surface area contributed by atoms with E-state index in [1.807, 2.05) is 42.8 Å². The van der Waals surface area contributed by atoms with Gasteiger partial charge in [-0.2, -0.15) is 0 Å². The Bertz CT molecular complexity index is 533. The monoisotopic (exact) mass is 230 g/mol. The molecule has 0 atom stereocenters. The number of carbonyl (C=O) groups excluding carboxylic acids is 1. The zero-order valence-corrected chi connectivity index (χ0v) is 9.84. The van der Waals surface area contributed by atoms with Gasteiger partial charge in [-0.1, -0.05) is 19.1 Å². The molecule has 1 aromatic carbocycles. The second kappa shape index (κ2) is 4.78. The van der Waals surface area contributed by atoms with Crippen molar-refractivity contribution in [1.82, 2.24) is 14.8 Å². The second-order valence-electron chi connectivity index (χ2n) is 3.71. The Morgan fingerprint density at radius 1 is 1.41 bits per heavy atom. The molecule has 0 unspecified atom stereocenters. The summed E-state index contributed by atoms with van der Waals surface area (Å²) in [5, 5.41) is 10.7. The van der Waals surface area contributed by atoms with Crippen molar-refractivity contribution < 1.29 is 4.79 Å². The van der Waals surface area contributed by atoms with E-state index >= 15 is 0 Å². The molecule has 0 saturated carbocycles. The topological polar surface area (TPSA) is 59.8 Å². The first-order valence-corrected chi connectivity index (χ1v) is 5.45. The molecule has 2 rings (SSSR count). The molecule has 1 amide bonds. The lowest BCUT2D eigenvalue weighted by Gasteiger charge is -2.09. The molecule has 0 aliphatic carbocycles. The fourth-order valence-corrected chi connectivity index (χ4v) is 1.55. The summed E-state index contributed by atoms with van der Waals surface area (Å²) in [7, 11) is 1.87. The third-order valence-electron chi connectivity index (χ3n) is 2.47. The van der Waals surface area contributed by atoms with E-state index < -0.39 is 0 Å². The first kappa shape index (κ1) is 11.3. The number of hydrogen-bond acceptors (Lipinski definition) is 3. The van der Waals surface area contributed by atoms with Gasteiger partial charge in [0.1, 0.15) is 6.33 Å². The molecule has 5 heteroatoms. The SMILES string of the molecule is CCC(=O)Nc1ccccc1-c1nncn1C. The minimum Gasteiger partial charge on any atom is -0.325 e. The molecule has 0 bridgehead atoms. The van der Waals surface area contributed by atoms with Gasteiger partial charge in [-0.25, -0.2) is 0 Å². The maximum atomic E-state index is 11.4. The Morgan fingerprint density at radius 2 is 2.18 bits per heavy atom. The molecule has 5 nitrogen and oxygen atoms in total. The smallest absolute Gasteiger partial charge is 0.224 e. The van der Waals surface area contributed by atoms with Crippen LogP contribution in [0.3, 0.4) is 0 Å². The van der Waals surface area contributed by atoms with E-state index in [4.69, 9.17) is 0 Å². The van der Waals surface area contributed by atoms with Gasteiger partial charge in [0.15, 0.2) is 5.82 Å². The van der Waals surface area contributed by atoms with Crippen molar-refractivity contribution in [3.05, 3.63) is 30.6 Å². The Hall–Kier alpha value is -2.17. The lowest BCUT2D eigenvalue weighted by Crippen LogP contribution is -2.10. The van der Waals surface area contributed by atoms with Crippen LogP contribution >= 0.6 is 0 Å². The van der Waals surface area contributed by atoms with Crippen LogP contribution in [-0.4, -0.2) is 20.7 Å². The average molecular weight is 230 g/mol. The first-order valence-electron chi connectivity index (χ1n) is 5.45. The van der Waals surface area contributed by atoms with Crippen molar-refractivity contribution in [3.8, 4) is 11.4 Å². The van der Waals surface area contributed by atoms with Crippen LogP contribution in [0.25, 0.3) is 11.4 Å². The molecule has 0 aliphatic rings. The summed E-state index contributed by atoms with van der Waals surface area (Å²) < 4.78 is 1.82. The van der Waals surface area contributed by atoms with Crippen molar-refractivity contribution in [2.45, 2.75) is 13.3 Å². The van der Waals surface area contributed by atoms with Crippen LogP contribution in [-0.2, 0) is 11.8 Å². The van der Waals surface area contributed by atoms with Crippen molar-refractivity contribution in [1.29, 1.82) is 0 Å². The number of aryl methyl sites for hydroxylation is 1. The lowest BCUT2D eigenvalue weighted by molar-refractivity contribution is -0.115. The van der Waals surface area contributed by atoms with E-state index in [1.54, 1.807) is 6.33 Å². The zero-order valence-electron chi connectivity index (χ0n) is 9.84. The molecule has 0 fully saturated rings. The van der Waals surface area contributed by atoms with E-state index in [2.05, 4.69) is 15.5 Å². The number of benzene rings is 1. The number of amides is 1. The zero-order chi connectivity index (χ0) is 12.3. The van der Waals surface area contributed by atoms with Crippen LogP contribution in [0.15, 0.2) is 30.6 Å². The maximum Gasteiger partial charge on any atom is 0.224 e. The van der Waals surface area contributed by atoms with Crippen LogP contribution in [0, 0.1) is 0 Å². The Labute approximate surface area is 99.5 Å². The Morgan fingerprint density at radius 3 is 2.82 bits per heavy atom. The third kappa shape index (κ3) is 2.33. The second-order valence-corrected chi connectivity index (χ2v) is 3.71. The third-order valence-corrected chi connectivity index (χ3v) is 2.47. The molecule has 0 aliphatic heterocycles. The molecule has 2 aromatic rings. The first-order chi connectivity index (χ1) is 8.22. The number of rotatable bonds is 3. The number of hydrogen-bond donors (Lipinski definition) is 1. The van der Waals surface area contributed by atoms with Crippen LogP contribution < -0.4 is 5.32 Å². The summed E-state index contributed by atoms with van der Waals surface area (Å²) in [5.74, 6) is 0.719. The highest BCUT2D eigenvalue weighted by Gasteiger charge is 2.10. The molecule has 17 heavy (non-hydrogen) atoms. The standard InChI is InChI=1S/C12H14N4O/c1-3-11(17)14-10-7-5-4-6-9(10)12-15-13-8-16(12)2/h4-8H,3H2,1-2H3,(H,14,17).